The van der Waals surface area contributed by atoms with Crippen LogP contribution >= 0.6 is 11.6 Å². The Hall–Kier alpha value is -0.830. The Labute approximate surface area is 64.2 Å². The van der Waals surface area contributed by atoms with E-state index in [9.17, 15) is 0 Å². The predicted molar refractivity (Wildman–Crippen MR) is 40.8 cm³/mol. The fourth-order valence-corrected chi connectivity index (χ4v) is 0.721. The van der Waals surface area contributed by atoms with E-state index in [1.807, 2.05) is 6.92 Å². The molecular weight excluding hydrogens is 150 g/mol. The molecule has 1 aromatic rings. The molecule has 1 rings (SSSR count). The van der Waals surface area contributed by atoms with E-state index in [2.05, 4.69) is 9.97 Å². The Kier molecular flexibility index (Phi) is 2.06. The van der Waals surface area contributed by atoms with Crippen molar-refractivity contribution in [3.05, 3.63) is 17.2 Å². The highest BCUT2D eigenvalue weighted by Gasteiger charge is 1.98. The van der Waals surface area contributed by atoms with Crippen molar-refractivity contribution in [1.82, 2.24) is 9.97 Å². The lowest BCUT2D eigenvalue weighted by molar-refractivity contribution is 0.942. The van der Waals surface area contributed by atoms with Gasteiger partial charge in [0, 0.05) is 6.42 Å². The maximum absolute atomic E-state index is 5.62. The molecule has 0 bridgehead atoms. The second-order valence-corrected chi connectivity index (χ2v) is 2.24. The third-order valence-corrected chi connectivity index (χ3v) is 1.44. The molecule has 0 aliphatic carbocycles. The van der Waals surface area contributed by atoms with Gasteiger partial charge in [-0.1, -0.05) is 18.5 Å². The maximum Gasteiger partial charge on any atom is 0.155 e. The lowest BCUT2D eigenvalue weighted by Crippen LogP contribution is -1.96. The first-order valence-corrected chi connectivity index (χ1v) is 3.38. The second-order valence-electron chi connectivity index (χ2n) is 1.89. The summed E-state index contributed by atoms with van der Waals surface area (Å²) in [5.74, 6) is 0.721. The molecule has 0 aliphatic rings. The minimum Gasteiger partial charge on any atom is -0.395 e. The van der Waals surface area contributed by atoms with Gasteiger partial charge in [-0.3, -0.25) is 0 Å². The van der Waals surface area contributed by atoms with Crippen molar-refractivity contribution in [2.24, 2.45) is 0 Å². The van der Waals surface area contributed by atoms with Crippen LogP contribution in [0.15, 0.2) is 6.20 Å². The van der Waals surface area contributed by atoms with Crippen LogP contribution in [-0.4, -0.2) is 9.97 Å². The summed E-state index contributed by atoms with van der Waals surface area (Å²) in [7, 11) is 0. The highest BCUT2D eigenvalue weighted by atomic mass is 35.5. The van der Waals surface area contributed by atoms with E-state index < -0.39 is 0 Å². The molecule has 1 aromatic heterocycles. The van der Waals surface area contributed by atoms with Crippen LogP contribution in [0.1, 0.15) is 12.7 Å². The smallest absolute Gasteiger partial charge is 0.155 e. The molecule has 4 heteroatoms. The first-order chi connectivity index (χ1) is 4.74. The quantitative estimate of drug-likeness (QED) is 0.625. The monoisotopic (exact) mass is 157 g/mol. The van der Waals surface area contributed by atoms with Crippen molar-refractivity contribution in [2.75, 3.05) is 5.73 Å². The molecule has 0 aromatic carbocycles. The Bertz CT molecular complexity index is 236. The number of aryl methyl sites for hydroxylation is 1. The van der Waals surface area contributed by atoms with Crippen LogP contribution < -0.4 is 5.73 Å². The van der Waals surface area contributed by atoms with Crippen molar-refractivity contribution in [1.29, 1.82) is 0 Å². The van der Waals surface area contributed by atoms with Crippen LogP contribution in [0, 0.1) is 0 Å². The van der Waals surface area contributed by atoms with E-state index in [4.69, 9.17) is 17.3 Å². The number of hydrogen-bond acceptors (Lipinski definition) is 3. The van der Waals surface area contributed by atoms with Crippen molar-refractivity contribution in [3.8, 4) is 0 Å². The van der Waals surface area contributed by atoms with Crippen LogP contribution in [0.4, 0.5) is 5.69 Å². The number of hydrogen-bond donors (Lipinski definition) is 1. The summed E-state index contributed by atoms with van der Waals surface area (Å²) in [6.45, 7) is 1.96. The van der Waals surface area contributed by atoms with Gasteiger partial charge in [0.15, 0.2) is 5.15 Å². The van der Waals surface area contributed by atoms with E-state index in [0.29, 0.717) is 10.8 Å². The second kappa shape index (κ2) is 2.84. The molecule has 3 nitrogen and oxygen atoms in total. The third-order valence-electron chi connectivity index (χ3n) is 1.13. The van der Waals surface area contributed by atoms with Gasteiger partial charge in [-0.25, -0.2) is 9.97 Å². The number of halogens is 1. The summed E-state index contributed by atoms with van der Waals surface area (Å²) < 4.78 is 0. The van der Waals surface area contributed by atoms with Gasteiger partial charge in [0.05, 0.1) is 11.9 Å². The highest BCUT2D eigenvalue weighted by molar-refractivity contribution is 6.31. The highest BCUT2D eigenvalue weighted by Crippen LogP contribution is 2.12. The largest absolute Gasteiger partial charge is 0.395 e. The zero-order chi connectivity index (χ0) is 7.56. The molecule has 0 fully saturated rings. The zero-order valence-corrected chi connectivity index (χ0v) is 6.39. The minimum absolute atomic E-state index is 0.340. The molecule has 2 N–H and O–H groups in total. The molecule has 0 spiro atoms. The predicted octanol–water partition coefficient (Wildman–Crippen LogP) is 1.27. The zero-order valence-electron chi connectivity index (χ0n) is 5.63. The minimum atomic E-state index is 0.340. The van der Waals surface area contributed by atoms with Gasteiger partial charge in [0.25, 0.3) is 0 Å². The summed E-state index contributed by atoms with van der Waals surface area (Å²) >= 11 is 5.62. The summed E-state index contributed by atoms with van der Waals surface area (Å²) in [4.78, 5) is 7.86. The third kappa shape index (κ3) is 1.36. The van der Waals surface area contributed by atoms with Gasteiger partial charge >= 0.3 is 0 Å². The first-order valence-electron chi connectivity index (χ1n) is 3.01. The van der Waals surface area contributed by atoms with Crippen LogP contribution in [0.25, 0.3) is 0 Å². The lowest BCUT2D eigenvalue weighted by atomic mass is 10.4. The fraction of sp³-hybridized carbons (Fsp3) is 0.333. The molecule has 0 saturated carbocycles. The van der Waals surface area contributed by atoms with Crippen molar-refractivity contribution < 1.29 is 0 Å². The van der Waals surface area contributed by atoms with Gasteiger partial charge < -0.3 is 5.73 Å². The summed E-state index contributed by atoms with van der Waals surface area (Å²) in [6, 6.07) is 0. The van der Waals surface area contributed by atoms with E-state index in [1.165, 1.54) is 6.20 Å². The number of aromatic nitrogens is 2. The van der Waals surface area contributed by atoms with Gasteiger partial charge in [0.1, 0.15) is 5.82 Å². The molecule has 0 radical (unpaired) electrons. The Morgan fingerprint density at radius 1 is 1.70 bits per heavy atom. The molecule has 0 amide bonds. The Morgan fingerprint density at radius 3 is 2.90 bits per heavy atom. The maximum atomic E-state index is 5.62. The summed E-state index contributed by atoms with van der Waals surface area (Å²) in [6.07, 6.45) is 2.30. The molecular formula is C6H8ClN3. The first kappa shape index (κ1) is 7.28. The molecule has 0 unspecified atom stereocenters. The number of nitrogens with zero attached hydrogens (tertiary/aromatic N) is 2. The topological polar surface area (TPSA) is 51.8 Å². The lowest BCUT2D eigenvalue weighted by Gasteiger charge is -1.97. The van der Waals surface area contributed by atoms with Crippen LogP contribution in [0.3, 0.4) is 0 Å². The normalized spacial score (nSPS) is 9.80. The van der Waals surface area contributed by atoms with Crippen molar-refractivity contribution in [3.63, 3.8) is 0 Å². The summed E-state index contributed by atoms with van der Waals surface area (Å²) in [5.41, 5.74) is 5.82. The molecule has 0 aliphatic heterocycles. The van der Waals surface area contributed by atoms with Crippen LogP contribution in [0.2, 0.25) is 5.15 Å². The number of rotatable bonds is 1. The van der Waals surface area contributed by atoms with Gasteiger partial charge in [0.2, 0.25) is 0 Å². The average Bonchev–Trinajstić information content (AvgIpc) is 1.95. The SMILES string of the molecule is CCc1ncc(N)c(Cl)n1. The standard InChI is InChI=1S/C6H8ClN3/c1-2-5-9-3-4(8)6(7)10-5/h3H,2,8H2,1H3. The molecule has 0 saturated heterocycles. The fourth-order valence-electron chi connectivity index (χ4n) is 0.574. The van der Waals surface area contributed by atoms with Crippen molar-refractivity contribution in [2.45, 2.75) is 13.3 Å². The number of nitrogen functional groups attached to an aromatic ring is 1. The Balaban J connectivity index is 3.04. The molecule has 54 valence electrons. The van der Waals surface area contributed by atoms with Gasteiger partial charge in [-0.2, -0.15) is 0 Å². The van der Waals surface area contributed by atoms with Gasteiger partial charge in [-0.15, -0.1) is 0 Å². The Morgan fingerprint density at radius 2 is 2.40 bits per heavy atom. The van der Waals surface area contributed by atoms with E-state index in [-0.39, 0.29) is 0 Å². The van der Waals surface area contributed by atoms with E-state index in [0.717, 1.165) is 12.2 Å². The number of anilines is 1. The average molecular weight is 158 g/mol. The van der Waals surface area contributed by atoms with E-state index in [1.54, 1.807) is 0 Å². The van der Waals surface area contributed by atoms with E-state index >= 15 is 0 Å². The van der Waals surface area contributed by atoms with Crippen LogP contribution in [0.5, 0.6) is 0 Å². The number of nitrogens with two attached hydrogens (primary N) is 1. The van der Waals surface area contributed by atoms with Crippen molar-refractivity contribution >= 4 is 17.3 Å². The van der Waals surface area contributed by atoms with Gasteiger partial charge in [-0.05, 0) is 0 Å². The van der Waals surface area contributed by atoms with Crippen LogP contribution in [-0.2, 0) is 6.42 Å². The molecule has 0 atom stereocenters. The summed E-state index contributed by atoms with van der Waals surface area (Å²) in [5, 5.41) is 0.340. The molecule has 10 heavy (non-hydrogen) atoms. The molecule has 1 heterocycles.